The number of nitrogens with zero attached hydrogens (tertiary/aromatic N) is 1. The largest absolute Gasteiger partial charge is 0.412 e. The second kappa shape index (κ2) is 5.83. The van der Waals surface area contributed by atoms with E-state index in [4.69, 9.17) is 0 Å². The molecule has 2 aliphatic rings. The SMILES string of the molecule is O=C(NC(c1ccccc1)C(F)(F)F)C1=C2C=CC=CN2CN1. The minimum atomic E-state index is -4.58. The summed E-state index contributed by atoms with van der Waals surface area (Å²) >= 11 is 0. The standard InChI is InChI=1S/C16H14F3N3O/c17-16(18,19)14(11-6-2-1-3-7-11)21-15(23)13-12-8-4-5-9-22(12)10-20-13/h1-9,14,20H,10H2,(H,21,23). The Hall–Kier alpha value is -2.70. The van der Waals surface area contributed by atoms with E-state index in [0.29, 0.717) is 12.4 Å². The van der Waals surface area contributed by atoms with Gasteiger partial charge in [-0.2, -0.15) is 13.2 Å². The summed E-state index contributed by atoms with van der Waals surface area (Å²) in [7, 11) is 0. The molecule has 2 aliphatic heterocycles. The van der Waals surface area contributed by atoms with Gasteiger partial charge in [0.05, 0.1) is 12.4 Å². The number of fused-ring (bicyclic) bond motifs is 1. The Labute approximate surface area is 131 Å². The minimum absolute atomic E-state index is 0.00659. The molecule has 0 bridgehead atoms. The van der Waals surface area contributed by atoms with Gasteiger partial charge in [0.1, 0.15) is 5.70 Å². The summed E-state index contributed by atoms with van der Waals surface area (Å²) in [5.41, 5.74) is 0.683. The van der Waals surface area contributed by atoms with E-state index >= 15 is 0 Å². The van der Waals surface area contributed by atoms with E-state index in [2.05, 4.69) is 10.6 Å². The first kappa shape index (κ1) is 15.2. The number of hydrogen-bond acceptors (Lipinski definition) is 3. The third-order valence-corrected chi connectivity index (χ3v) is 3.59. The van der Waals surface area contributed by atoms with E-state index in [1.807, 2.05) is 0 Å². The van der Waals surface area contributed by atoms with Crippen LogP contribution in [0.4, 0.5) is 13.2 Å². The molecule has 2 heterocycles. The lowest BCUT2D eigenvalue weighted by Gasteiger charge is -2.22. The molecule has 0 radical (unpaired) electrons. The van der Waals surface area contributed by atoms with Gasteiger partial charge in [-0.3, -0.25) is 4.79 Å². The number of halogens is 3. The van der Waals surface area contributed by atoms with Crippen molar-refractivity contribution in [3.63, 3.8) is 0 Å². The van der Waals surface area contributed by atoms with Gasteiger partial charge >= 0.3 is 6.18 Å². The molecule has 0 fully saturated rings. The maximum absolute atomic E-state index is 13.3. The van der Waals surface area contributed by atoms with Crippen molar-refractivity contribution in [3.05, 3.63) is 71.7 Å². The Morgan fingerprint density at radius 2 is 1.96 bits per heavy atom. The number of carbonyl (C=O) groups is 1. The molecule has 0 aliphatic carbocycles. The van der Waals surface area contributed by atoms with Gasteiger partial charge < -0.3 is 15.5 Å². The summed E-state index contributed by atoms with van der Waals surface area (Å²) in [6, 6.07) is 5.27. The van der Waals surface area contributed by atoms with E-state index in [9.17, 15) is 18.0 Å². The molecule has 23 heavy (non-hydrogen) atoms. The van der Waals surface area contributed by atoms with Gasteiger partial charge in [0.25, 0.3) is 5.91 Å². The summed E-state index contributed by atoms with van der Waals surface area (Å²) in [4.78, 5) is 14.1. The Balaban J connectivity index is 1.85. The monoisotopic (exact) mass is 321 g/mol. The van der Waals surface area contributed by atoms with E-state index in [1.165, 1.54) is 24.3 Å². The van der Waals surface area contributed by atoms with E-state index in [1.54, 1.807) is 35.4 Å². The van der Waals surface area contributed by atoms with Crippen LogP contribution in [-0.2, 0) is 4.79 Å². The number of carbonyl (C=O) groups excluding carboxylic acids is 1. The molecular weight excluding hydrogens is 307 g/mol. The minimum Gasteiger partial charge on any atom is -0.361 e. The smallest absolute Gasteiger partial charge is 0.361 e. The normalized spacial score (nSPS) is 17.8. The zero-order valence-electron chi connectivity index (χ0n) is 12.0. The zero-order chi connectivity index (χ0) is 16.4. The number of rotatable bonds is 3. The predicted octanol–water partition coefficient (Wildman–Crippen LogP) is 2.56. The van der Waals surface area contributed by atoms with Crippen molar-refractivity contribution in [1.82, 2.24) is 15.5 Å². The fraction of sp³-hybridized carbons (Fsp3) is 0.188. The number of nitrogens with one attached hydrogen (secondary N) is 2. The molecule has 7 heteroatoms. The maximum Gasteiger partial charge on any atom is 0.412 e. The first-order valence-electron chi connectivity index (χ1n) is 6.99. The van der Waals surface area contributed by atoms with Crippen LogP contribution in [0.2, 0.25) is 0 Å². The van der Waals surface area contributed by atoms with Crippen LogP contribution in [0.15, 0.2) is 66.2 Å². The molecule has 1 atom stereocenters. The molecule has 1 amide bonds. The highest BCUT2D eigenvalue weighted by molar-refractivity contribution is 5.95. The van der Waals surface area contributed by atoms with Crippen LogP contribution in [0.1, 0.15) is 11.6 Å². The van der Waals surface area contributed by atoms with Crippen LogP contribution < -0.4 is 10.6 Å². The zero-order valence-corrected chi connectivity index (χ0v) is 12.0. The van der Waals surface area contributed by atoms with E-state index in [-0.39, 0.29) is 11.3 Å². The first-order valence-corrected chi connectivity index (χ1v) is 6.99. The van der Waals surface area contributed by atoms with Gasteiger partial charge in [0.15, 0.2) is 6.04 Å². The second-order valence-corrected chi connectivity index (χ2v) is 5.12. The van der Waals surface area contributed by atoms with Crippen LogP contribution in [0.25, 0.3) is 0 Å². The summed E-state index contributed by atoms with van der Waals surface area (Å²) in [6.07, 6.45) is 2.36. The van der Waals surface area contributed by atoms with Gasteiger partial charge in [0, 0.05) is 6.20 Å². The van der Waals surface area contributed by atoms with Crippen molar-refractivity contribution in [2.45, 2.75) is 12.2 Å². The van der Waals surface area contributed by atoms with Crippen molar-refractivity contribution in [1.29, 1.82) is 0 Å². The highest BCUT2D eigenvalue weighted by Crippen LogP contribution is 2.33. The topological polar surface area (TPSA) is 44.4 Å². The highest BCUT2D eigenvalue weighted by atomic mass is 19.4. The molecular formula is C16H14F3N3O. The number of benzene rings is 1. The third-order valence-electron chi connectivity index (χ3n) is 3.59. The third kappa shape index (κ3) is 3.08. The molecule has 0 spiro atoms. The van der Waals surface area contributed by atoms with Crippen molar-refractivity contribution in [3.8, 4) is 0 Å². The summed E-state index contributed by atoms with van der Waals surface area (Å²) in [6.45, 7) is 0.348. The van der Waals surface area contributed by atoms with Crippen LogP contribution in [-0.4, -0.2) is 23.7 Å². The van der Waals surface area contributed by atoms with Crippen molar-refractivity contribution in [2.24, 2.45) is 0 Å². The molecule has 120 valence electrons. The van der Waals surface area contributed by atoms with E-state index in [0.717, 1.165) is 0 Å². The Morgan fingerprint density at radius 3 is 2.65 bits per heavy atom. The Kier molecular flexibility index (Phi) is 3.85. The number of allylic oxidation sites excluding steroid dienone is 3. The summed E-state index contributed by atoms with van der Waals surface area (Å²) in [5, 5.41) is 4.91. The molecule has 0 saturated heterocycles. The van der Waals surface area contributed by atoms with Crippen LogP contribution in [0, 0.1) is 0 Å². The van der Waals surface area contributed by atoms with Gasteiger partial charge in [-0.15, -0.1) is 0 Å². The first-order chi connectivity index (χ1) is 11.0. The lowest BCUT2D eigenvalue weighted by molar-refractivity contribution is -0.162. The molecule has 0 saturated carbocycles. The van der Waals surface area contributed by atoms with Crippen LogP contribution in [0.5, 0.6) is 0 Å². The van der Waals surface area contributed by atoms with Crippen molar-refractivity contribution in [2.75, 3.05) is 6.67 Å². The predicted molar refractivity (Wildman–Crippen MR) is 78.5 cm³/mol. The highest BCUT2D eigenvalue weighted by Gasteiger charge is 2.42. The van der Waals surface area contributed by atoms with Gasteiger partial charge in [-0.25, -0.2) is 0 Å². The molecule has 1 aromatic rings. The summed E-state index contributed by atoms with van der Waals surface area (Å²) in [5.74, 6) is -0.784. The van der Waals surface area contributed by atoms with E-state index < -0.39 is 18.1 Å². The number of amides is 1. The number of alkyl halides is 3. The van der Waals surface area contributed by atoms with Crippen LogP contribution >= 0.6 is 0 Å². The molecule has 1 unspecified atom stereocenters. The average Bonchev–Trinajstić information content (AvgIpc) is 2.96. The molecule has 0 aromatic heterocycles. The molecule has 1 aromatic carbocycles. The van der Waals surface area contributed by atoms with Crippen molar-refractivity contribution < 1.29 is 18.0 Å². The van der Waals surface area contributed by atoms with Gasteiger partial charge in [-0.1, -0.05) is 36.4 Å². The van der Waals surface area contributed by atoms with Crippen LogP contribution in [0.3, 0.4) is 0 Å². The second-order valence-electron chi connectivity index (χ2n) is 5.12. The maximum atomic E-state index is 13.3. The Morgan fingerprint density at radius 1 is 1.22 bits per heavy atom. The summed E-state index contributed by atoms with van der Waals surface area (Å²) < 4.78 is 39.9. The lowest BCUT2D eigenvalue weighted by Crippen LogP contribution is -2.40. The number of hydrogen-bond donors (Lipinski definition) is 2. The fourth-order valence-electron chi connectivity index (χ4n) is 2.50. The Bertz CT molecular complexity index is 692. The fourth-order valence-corrected chi connectivity index (χ4v) is 2.50. The molecule has 4 nitrogen and oxygen atoms in total. The average molecular weight is 321 g/mol. The van der Waals surface area contributed by atoms with Gasteiger partial charge in [-0.05, 0) is 17.7 Å². The quantitative estimate of drug-likeness (QED) is 0.899. The van der Waals surface area contributed by atoms with Gasteiger partial charge in [0.2, 0.25) is 0 Å². The van der Waals surface area contributed by atoms with Crippen molar-refractivity contribution >= 4 is 5.91 Å². The lowest BCUT2D eigenvalue weighted by atomic mass is 10.1. The molecule has 3 rings (SSSR count). The molecule has 2 N–H and O–H groups in total.